The van der Waals surface area contributed by atoms with Crippen LogP contribution in [0.2, 0.25) is 5.15 Å². The van der Waals surface area contributed by atoms with Gasteiger partial charge in [-0.2, -0.15) is 0 Å². The third-order valence-electron chi connectivity index (χ3n) is 2.14. The minimum absolute atomic E-state index is 0.217. The number of hydrogen-bond acceptors (Lipinski definition) is 3. The number of hydrogen-bond donors (Lipinski definition) is 1. The van der Waals surface area contributed by atoms with Crippen molar-refractivity contribution in [3.63, 3.8) is 0 Å². The fourth-order valence-electron chi connectivity index (χ4n) is 1.35. The van der Waals surface area contributed by atoms with Crippen molar-refractivity contribution in [3.8, 4) is 0 Å². The van der Waals surface area contributed by atoms with Crippen LogP contribution >= 0.6 is 11.6 Å². The molecule has 0 radical (unpaired) electrons. The summed E-state index contributed by atoms with van der Waals surface area (Å²) in [5, 5.41) is 2.93. The second-order valence-electron chi connectivity index (χ2n) is 3.55. The fourth-order valence-corrected chi connectivity index (χ4v) is 1.45. The zero-order chi connectivity index (χ0) is 12.3. The summed E-state index contributed by atoms with van der Waals surface area (Å²) in [6, 6.07) is 7.31. The van der Waals surface area contributed by atoms with Crippen molar-refractivity contribution >= 4 is 23.3 Å². The maximum atomic E-state index is 11.8. The lowest BCUT2D eigenvalue weighted by atomic mass is 10.1. The van der Waals surface area contributed by atoms with Crippen LogP contribution in [0.1, 0.15) is 15.9 Å². The van der Waals surface area contributed by atoms with Gasteiger partial charge in [0.05, 0.1) is 12.4 Å². The summed E-state index contributed by atoms with van der Waals surface area (Å²) in [5.74, 6) is 0.159. The molecule has 0 aliphatic heterocycles. The summed E-state index contributed by atoms with van der Waals surface area (Å²) in [5.41, 5.74) is 1.61. The number of nitrogens with one attached hydrogen (secondary N) is 1. The third kappa shape index (κ3) is 3.01. The molecule has 17 heavy (non-hydrogen) atoms. The molecule has 0 spiro atoms. The molecule has 1 N–H and O–H groups in total. The average Bonchev–Trinajstić information content (AvgIpc) is 2.32. The van der Waals surface area contributed by atoms with E-state index >= 15 is 0 Å². The molecule has 1 amide bonds. The van der Waals surface area contributed by atoms with E-state index in [2.05, 4.69) is 15.3 Å². The summed E-state index contributed by atoms with van der Waals surface area (Å²) in [6.07, 6.45) is 2.80. The van der Waals surface area contributed by atoms with Crippen molar-refractivity contribution in [1.29, 1.82) is 0 Å². The predicted octanol–water partition coefficient (Wildman–Crippen LogP) is 2.69. The average molecular weight is 248 g/mol. The van der Waals surface area contributed by atoms with Crippen molar-refractivity contribution in [2.75, 3.05) is 5.32 Å². The number of carbonyl (C=O) groups is 1. The van der Waals surface area contributed by atoms with Gasteiger partial charge >= 0.3 is 0 Å². The standard InChI is InChI=1S/C12H10ClN3O/c1-8-3-2-4-9(5-8)12(17)16-11-7-14-10(13)6-15-11/h2-7H,1H3,(H,15,16,17). The third-order valence-corrected chi connectivity index (χ3v) is 2.34. The van der Waals surface area contributed by atoms with Crippen LogP contribution in [0.3, 0.4) is 0 Å². The Bertz CT molecular complexity index is 540. The highest BCUT2D eigenvalue weighted by molar-refractivity contribution is 6.29. The summed E-state index contributed by atoms with van der Waals surface area (Å²) in [4.78, 5) is 19.6. The predicted molar refractivity (Wildman–Crippen MR) is 66.2 cm³/mol. The Labute approximate surface area is 104 Å². The van der Waals surface area contributed by atoms with E-state index in [-0.39, 0.29) is 5.91 Å². The van der Waals surface area contributed by atoms with Crippen LogP contribution in [0.15, 0.2) is 36.7 Å². The van der Waals surface area contributed by atoms with E-state index in [0.717, 1.165) is 5.56 Å². The van der Waals surface area contributed by atoms with Gasteiger partial charge in [0.25, 0.3) is 5.91 Å². The normalized spacial score (nSPS) is 10.0. The Hall–Kier alpha value is -1.94. The summed E-state index contributed by atoms with van der Waals surface area (Å²) in [7, 11) is 0. The highest BCUT2D eigenvalue weighted by atomic mass is 35.5. The zero-order valence-corrected chi connectivity index (χ0v) is 9.90. The first-order valence-electron chi connectivity index (χ1n) is 5.01. The minimum atomic E-state index is -0.217. The number of amides is 1. The number of anilines is 1. The number of benzene rings is 1. The van der Waals surface area contributed by atoms with Gasteiger partial charge in [-0.3, -0.25) is 4.79 Å². The lowest BCUT2D eigenvalue weighted by Crippen LogP contribution is -2.13. The first-order chi connectivity index (χ1) is 8.15. The van der Waals surface area contributed by atoms with Crippen molar-refractivity contribution < 1.29 is 4.79 Å². The summed E-state index contributed by atoms with van der Waals surface area (Å²) < 4.78 is 0. The van der Waals surface area contributed by atoms with E-state index in [0.29, 0.717) is 16.5 Å². The second-order valence-corrected chi connectivity index (χ2v) is 3.94. The monoisotopic (exact) mass is 247 g/mol. The molecule has 5 heteroatoms. The molecule has 0 aliphatic rings. The largest absolute Gasteiger partial charge is 0.305 e. The molecule has 2 rings (SSSR count). The first kappa shape index (κ1) is 11.5. The van der Waals surface area contributed by atoms with Crippen LogP contribution in [0.5, 0.6) is 0 Å². The molecular weight excluding hydrogens is 238 g/mol. The number of halogens is 1. The second kappa shape index (κ2) is 4.93. The van der Waals surface area contributed by atoms with E-state index in [1.165, 1.54) is 12.4 Å². The molecule has 1 heterocycles. The molecule has 86 valence electrons. The number of aromatic nitrogens is 2. The van der Waals surface area contributed by atoms with E-state index < -0.39 is 0 Å². The van der Waals surface area contributed by atoms with Crippen molar-refractivity contribution in [1.82, 2.24) is 9.97 Å². The van der Waals surface area contributed by atoms with Crippen LogP contribution in [0.4, 0.5) is 5.82 Å². The van der Waals surface area contributed by atoms with E-state index in [4.69, 9.17) is 11.6 Å². The van der Waals surface area contributed by atoms with E-state index in [1.807, 2.05) is 19.1 Å². The van der Waals surface area contributed by atoms with Gasteiger partial charge in [-0.05, 0) is 19.1 Å². The molecule has 0 saturated heterocycles. The van der Waals surface area contributed by atoms with Crippen LogP contribution in [-0.2, 0) is 0 Å². The van der Waals surface area contributed by atoms with Crippen LogP contribution < -0.4 is 5.32 Å². The Morgan fingerprint density at radius 1 is 1.29 bits per heavy atom. The van der Waals surface area contributed by atoms with E-state index in [1.54, 1.807) is 12.1 Å². The molecule has 1 aromatic heterocycles. The zero-order valence-electron chi connectivity index (χ0n) is 9.14. The quantitative estimate of drug-likeness (QED) is 0.888. The molecule has 0 aliphatic carbocycles. The Morgan fingerprint density at radius 2 is 2.12 bits per heavy atom. The molecule has 0 unspecified atom stereocenters. The Kier molecular flexibility index (Phi) is 3.35. The van der Waals surface area contributed by atoms with Crippen LogP contribution in [0, 0.1) is 6.92 Å². The van der Waals surface area contributed by atoms with E-state index in [9.17, 15) is 4.79 Å². The van der Waals surface area contributed by atoms with Crippen molar-refractivity contribution in [2.45, 2.75) is 6.92 Å². The highest BCUT2D eigenvalue weighted by Gasteiger charge is 2.06. The molecule has 0 saturated carbocycles. The maximum absolute atomic E-state index is 11.8. The lowest BCUT2D eigenvalue weighted by molar-refractivity contribution is 0.102. The smallest absolute Gasteiger partial charge is 0.256 e. The van der Waals surface area contributed by atoms with Gasteiger partial charge in [0.2, 0.25) is 0 Å². The number of nitrogens with zero attached hydrogens (tertiary/aromatic N) is 2. The van der Waals surface area contributed by atoms with Crippen molar-refractivity contribution in [3.05, 3.63) is 52.9 Å². The minimum Gasteiger partial charge on any atom is -0.305 e. The van der Waals surface area contributed by atoms with Gasteiger partial charge < -0.3 is 5.32 Å². The van der Waals surface area contributed by atoms with Gasteiger partial charge in [0.15, 0.2) is 5.82 Å². The molecule has 2 aromatic rings. The van der Waals surface area contributed by atoms with Crippen LogP contribution in [-0.4, -0.2) is 15.9 Å². The van der Waals surface area contributed by atoms with Gasteiger partial charge in [0, 0.05) is 5.56 Å². The topological polar surface area (TPSA) is 54.9 Å². The van der Waals surface area contributed by atoms with Gasteiger partial charge in [-0.1, -0.05) is 29.3 Å². The molecule has 0 fully saturated rings. The van der Waals surface area contributed by atoms with Gasteiger partial charge in [-0.25, -0.2) is 9.97 Å². The fraction of sp³-hybridized carbons (Fsp3) is 0.0833. The van der Waals surface area contributed by atoms with Crippen molar-refractivity contribution in [2.24, 2.45) is 0 Å². The highest BCUT2D eigenvalue weighted by Crippen LogP contribution is 2.09. The SMILES string of the molecule is Cc1cccc(C(=O)Nc2cnc(Cl)cn2)c1. The Balaban J connectivity index is 2.14. The molecule has 0 atom stereocenters. The number of rotatable bonds is 2. The van der Waals surface area contributed by atoms with Gasteiger partial charge in [0.1, 0.15) is 5.15 Å². The first-order valence-corrected chi connectivity index (χ1v) is 5.38. The summed E-state index contributed by atoms with van der Waals surface area (Å²) in [6.45, 7) is 1.93. The number of carbonyl (C=O) groups excluding carboxylic acids is 1. The Morgan fingerprint density at radius 3 is 2.76 bits per heavy atom. The number of aryl methyl sites for hydroxylation is 1. The van der Waals surface area contributed by atoms with Gasteiger partial charge in [-0.15, -0.1) is 0 Å². The summed E-state index contributed by atoms with van der Waals surface area (Å²) >= 11 is 5.60. The maximum Gasteiger partial charge on any atom is 0.256 e. The molecule has 0 bridgehead atoms. The molecular formula is C12H10ClN3O. The molecule has 4 nitrogen and oxygen atoms in total. The lowest BCUT2D eigenvalue weighted by Gasteiger charge is -2.04. The van der Waals surface area contributed by atoms with Crippen LogP contribution in [0.25, 0.3) is 0 Å². The molecule has 1 aromatic carbocycles.